The van der Waals surface area contributed by atoms with Crippen LogP contribution < -0.4 is 0 Å². The van der Waals surface area contributed by atoms with E-state index < -0.39 is 22.8 Å². The molecule has 0 amide bonds. The van der Waals surface area contributed by atoms with E-state index in [9.17, 15) is 19.8 Å². The monoisotopic (exact) mass is 396 g/mol. The number of rotatable bonds is 16. The summed E-state index contributed by atoms with van der Waals surface area (Å²) >= 11 is 0. The van der Waals surface area contributed by atoms with E-state index in [1.54, 1.807) is 0 Å². The topological polar surface area (TPSA) is 74.6 Å². The highest BCUT2D eigenvalue weighted by Gasteiger charge is 2.61. The Morgan fingerprint density at radius 3 is 1.25 bits per heavy atom. The summed E-state index contributed by atoms with van der Waals surface area (Å²) in [4.78, 5) is 24.9. The molecule has 0 aliphatic heterocycles. The van der Waals surface area contributed by atoms with E-state index in [0.29, 0.717) is 25.7 Å². The summed E-state index contributed by atoms with van der Waals surface area (Å²) in [6, 6.07) is 0. The Kier molecular flexibility index (Phi) is 11.8. The molecular formula is C24H44O4. The predicted molar refractivity (Wildman–Crippen MR) is 115 cm³/mol. The molecule has 0 spiro atoms. The van der Waals surface area contributed by atoms with Crippen LogP contribution in [-0.2, 0) is 9.59 Å². The van der Waals surface area contributed by atoms with Crippen molar-refractivity contribution >= 4 is 11.9 Å². The molecule has 1 aliphatic carbocycles. The fourth-order valence-corrected chi connectivity index (χ4v) is 5.31. The summed E-state index contributed by atoms with van der Waals surface area (Å²) in [6.07, 6.45) is 17.0. The van der Waals surface area contributed by atoms with Crippen molar-refractivity contribution in [1.82, 2.24) is 0 Å². The first-order valence-electron chi connectivity index (χ1n) is 11.9. The molecule has 4 heteroatoms. The van der Waals surface area contributed by atoms with Crippen LogP contribution in [0.25, 0.3) is 0 Å². The first-order valence-corrected chi connectivity index (χ1v) is 11.9. The van der Waals surface area contributed by atoms with Crippen molar-refractivity contribution in [2.75, 3.05) is 0 Å². The van der Waals surface area contributed by atoms with Gasteiger partial charge in [-0.15, -0.1) is 0 Å². The molecule has 0 radical (unpaired) electrons. The van der Waals surface area contributed by atoms with Crippen LogP contribution in [0.2, 0.25) is 0 Å². The molecule has 0 bridgehead atoms. The summed E-state index contributed by atoms with van der Waals surface area (Å²) in [5, 5.41) is 20.4. The number of unbranched alkanes of at least 4 members (excludes halogenated alkanes) is 10. The molecule has 0 aromatic heterocycles. The highest BCUT2D eigenvalue weighted by atomic mass is 16.4. The van der Waals surface area contributed by atoms with E-state index in [-0.39, 0.29) is 0 Å². The number of hydrogen-bond donors (Lipinski definition) is 2. The van der Waals surface area contributed by atoms with Crippen molar-refractivity contribution in [1.29, 1.82) is 0 Å². The Labute approximate surface area is 172 Å². The largest absolute Gasteiger partial charge is 0.481 e. The molecule has 2 N–H and O–H groups in total. The lowest BCUT2D eigenvalue weighted by Gasteiger charge is -2.49. The Hall–Kier alpha value is -1.06. The minimum absolute atomic E-state index is 0.524. The van der Waals surface area contributed by atoms with Crippen molar-refractivity contribution in [2.45, 2.75) is 129 Å². The summed E-state index contributed by atoms with van der Waals surface area (Å²) in [5.41, 5.74) is -2.16. The van der Waals surface area contributed by atoms with Gasteiger partial charge in [-0.1, -0.05) is 104 Å². The first-order chi connectivity index (χ1) is 13.5. The van der Waals surface area contributed by atoms with Gasteiger partial charge < -0.3 is 10.2 Å². The van der Waals surface area contributed by atoms with Gasteiger partial charge in [-0.25, -0.2) is 0 Å². The highest BCUT2D eigenvalue weighted by molar-refractivity contribution is 5.87. The third-order valence-electron chi connectivity index (χ3n) is 7.11. The maximum absolute atomic E-state index is 12.5. The maximum atomic E-state index is 12.5. The van der Waals surface area contributed by atoms with Gasteiger partial charge >= 0.3 is 11.9 Å². The minimum atomic E-state index is -1.08. The van der Waals surface area contributed by atoms with Crippen LogP contribution in [0, 0.1) is 10.8 Å². The number of hydrogen-bond acceptors (Lipinski definition) is 2. The number of carboxylic acids is 2. The lowest BCUT2D eigenvalue weighted by molar-refractivity contribution is -0.182. The van der Waals surface area contributed by atoms with Gasteiger partial charge in [0.1, 0.15) is 0 Å². The molecule has 0 heterocycles. The van der Waals surface area contributed by atoms with Crippen molar-refractivity contribution in [3.63, 3.8) is 0 Å². The van der Waals surface area contributed by atoms with Crippen LogP contribution in [-0.4, -0.2) is 22.2 Å². The first kappa shape index (κ1) is 25.0. The standard InChI is InChI=1S/C24H44O4/c1-3-5-7-9-11-13-17-23(21(25)26)19-15-16-20-24(23,22(27)28)18-14-12-10-8-6-4-2/h3-20H2,1-2H3,(H,25,26)(H,27,28). The molecular weight excluding hydrogens is 352 g/mol. The SMILES string of the molecule is CCCCCCCCC1(C(=O)O)CCCCC1(CCCCCCCC)C(=O)O. The van der Waals surface area contributed by atoms with Gasteiger partial charge in [-0.2, -0.15) is 0 Å². The molecule has 164 valence electrons. The zero-order valence-electron chi connectivity index (χ0n) is 18.4. The molecule has 1 rings (SSSR count). The molecule has 1 saturated carbocycles. The Morgan fingerprint density at radius 1 is 0.607 bits per heavy atom. The van der Waals surface area contributed by atoms with E-state index in [1.165, 1.54) is 38.5 Å². The zero-order valence-corrected chi connectivity index (χ0v) is 18.4. The third-order valence-corrected chi connectivity index (χ3v) is 7.11. The van der Waals surface area contributed by atoms with E-state index in [1.807, 2.05) is 0 Å². The fraction of sp³-hybridized carbons (Fsp3) is 0.917. The molecule has 2 unspecified atom stereocenters. The summed E-state index contributed by atoms with van der Waals surface area (Å²) < 4.78 is 0. The second-order valence-electron chi connectivity index (χ2n) is 9.02. The van der Waals surface area contributed by atoms with Gasteiger partial charge in [0.25, 0.3) is 0 Å². The third kappa shape index (κ3) is 6.49. The second-order valence-corrected chi connectivity index (χ2v) is 9.02. The Bertz CT molecular complexity index is 420. The predicted octanol–water partition coefficient (Wildman–Crippen LogP) is 7.20. The van der Waals surface area contributed by atoms with Crippen molar-refractivity contribution in [3.8, 4) is 0 Å². The number of carbonyl (C=O) groups is 2. The van der Waals surface area contributed by atoms with Gasteiger partial charge in [0.2, 0.25) is 0 Å². The normalized spacial score (nSPS) is 24.9. The average molecular weight is 397 g/mol. The smallest absolute Gasteiger partial charge is 0.310 e. The fourth-order valence-electron chi connectivity index (χ4n) is 5.31. The summed E-state index contributed by atoms with van der Waals surface area (Å²) in [5.74, 6) is -1.73. The van der Waals surface area contributed by atoms with Crippen LogP contribution >= 0.6 is 0 Å². The molecule has 1 fully saturated rings. The van der Waals surface area contributed by atoms with Crippen molar-refractivity contribution in [3.05, 3.63) is 0 Å². The lowest BCUT2D eigenvalue weighted by Crippen LogP contribution is -2.54. The van der Waals surface area contributed by atoms with Gasteiger partial charge in [-0.05, 0) is 25.7 Å². The summed E-state index contributed by atoms with van der Waals surface area (Å²) in [6.45, 7) is 4.37. The lowest BCUT2D eigenvalue weighted by atomic mass is 9.52. The minimum Gasteiger partial charge on any atom is -0.481 e. The van der Waals surface area contributed by atoms with Crippen LogP contribution in [0.15, 0.2) is 0 Å². The van der Waals surface area contributed by atoms with Gasteiger partial charge in [0.05, 0.1) is 10.8 Å². The highest BCUT2D eigenvalue weighted by Crippen LogP contribution is 2.57. The van der Waals surface area contributed by atoms with E-state index in [0.717, 1.165) is 51.4 Å². The van der Waals surface area contributed by atoms with Crippen LogP contribution in [0.4, 0.5) is 0 Å². The average Bonchev–Trinajstić information content (AvgIpc) is 2.67. The molecule has 1 aliphatic rings. The van der Waals surface area contributed by atoms with E-state index in [2.05, 4.69) is 13.8 Å². The van der Waals surface area contributed by atoms with Gasteiger partial charge in [0.15, 0.2) is 0 Å². The van der Waals surface area contributed by atoms with Crippen LogP contribution in [0.5, 0.6) is 0 Å². The number of aliphatic carboxylic acids is 2. The molecule has 4 nitrogen and oxygen atoms in total. The molecule has 0 saturated heterocycles. The van der Waals surface area contributed by atoms with Crippen LogP contribution in [0.1, 0.15) is 129 Å². The quantitative estimate of drug-likeness (QED) is 0.270. The maximum Gasteiger partial charge on any atom is 0.310 e. The van der Waals surface area contributed by atoms with Crippen molar-refractivity contribution in [2.24, 2.45) is 10.8 Å². The molecule has 0 aromatic carbocycles. The molecule has 28 heavy (non-hydrogen) atoms. The molecule has 0 aromatic rings. The Balaban J connectivity index is 2.82. The molecule has 2 atom stereocenters. The van der Waals surface area contributed by atoms with E-state index in [4.69, 9.17) is 0 Å². The number of carboxylic acid groups (broad SMARTS) is 2. The zero-order chi connectivity index (χ0) is 20.9. The van der Waals surface area contributed by atoms with Gasteiger partial charge in [-0.3, -0.25) is 9.59 Å². The summed E-state index contributed by atoms with van der Waals surface area (Å²) in [7, 11) is 0. The van der Waals surface area contributed by atoms with Gasteiger partial charge in [0, 0.05) is 0 Å². The Morgan fingerprint density at radius 2 is 0.929 bits per heavy atom. The van der Waals surface area contributed by atoms with E-state index >= 15 is 0 Å². The van der Waals surface area contributed by atoms with Crippen molar-refractivity contribution < 1.29 is 19.8 Å². The van der Waals surface area contributed by atoms with Crippen LogP contribution in [0.3, 0.4) is 0 Å². The second kappa shape index (κ2) is 13.2.